The number of hydrogen-bond acceptors (Lipinski definition) is 4. The van der Waals surface area contributed by atoms with Gasteiger partial charge < -0.3 is 0 Å². The van der Waals surface area contributed by atoms with Crippen molar-refractivity contribution in [2.24, 2.45) is 7.05 Å². The first-order chi connectivity index (χ1) is 10.9. The Morgan fingerprint density at radius 2 is 1.91 bits per heavy atom. The van der Waals surface area contributed by atoms with E-state index < -0.39 is 0 Å². The largest absolute Gasteiger partial charge is 0.290 e. The normalized spacial score (nSPS) is 12.7. The maximum absolute atomic E-state index is 13.0. The number of rotatable bonds is 3. The lowest BCUT2D eigenvalue weighted by molar-refractivity contribution is 0.627. The third-order valence-electron chi connectivity index (χ3n) is 3.99. The molecular formula is C17H17FN2OS2. The van der Waals surface area contributed by atoms with Crippen LogP contribution in [-0.2, 0) is 7.05 Å². The molecule has 23 heavy (non-hydrogen) atoms. The number of hydrogen-bond donors (Lipinski definition) is 0. The van der Waals surface area contributed by atoms with Crippen LogP contribution in [0.5, 0.6) is 0 Å². The van der Waals surface area contributed by atoms with E-state index in [1.54, 1.807) is 35.1 Å². The number of halogens is 1. The topological polar surface area (TPSA) is 34.9 Å². The van der Waals surface area contributed by atoms with Crippen LogP contribution in [0, 0.1) is 19.7 Å². The Labute approximate surface area is 142 Å². The van der Waals surface area contributed by atoms with Gasteiger partial charge >= 0.3 is 0 Å². The lowest BCUT2D eigenvalue weighted by Crippen LogP contribution is -2.20. The Morgan fingerprint density at radius 1 is 1.26 bits per heavy atom. The fraction of sp³-hybridized carbons (Fsp3) is 0.294. The van der Waals surface area contributed by atoms with Gasteiger partial charge in [0.25, 0.3) is 5.56 Å². The fourth-order valence-electron chi connectivity index (χ4n) is 2.42. The van der Waals surface area contributed by atoms with Crippen LogP contribution in [0.15, 0.2) is 34.2 Å². The number of fused-ring (bicyclic) bond motifs is 1. The maximum Gasteiger partial charge on any atom is 0.262 e. The molecule has 120 valence electrons. The fourth-order valence-corrected chi connectivity index (χ4v) is 4.49. The monoisotopic (exact) mass is 348 g/mol. The molecule has 3 aromatic rings. The molecule has 1 unspecified atom stereocenters. The summed E-state index contributed by atoms with van der Waals surface area (Å²) in [5.41, 5.74) is 2.01. The Bertz CT molecular complexity index is 928. The predicted molar refractivity (Wildman–Crippen MR) is 95.0 cm³/mol. The first-order valence-electron chi connectivity index (χ1n) is 7.27. The summed E-state index contributed by atoms with van der Waals surface area (Å²) in [5, 5.41) is 1.47. The van der Waals surface area contributed by atoms with Crippen molar-refractivity contribution in [3.63, 3.8) is 0 Å². The minimum atomic E-state index is -0.248. The van der Waals surface area contributed by atoms with Crippen LogP contribution in [0.2, 0.25) is 0 Å². The lowest BCUT2D eigenvalue weighted by Gasteiger charge is -2.13. The van der Waals surface area contributed by atoms with Crippen LogP contribution < -0.4 is 5.56 Å². The van der Waals surface area contributed by atoms with Gasteiger partial charge in [0.2, 0.25) is 0 Å². The maximum atomic E-state index is 13.0. The van der Waals surface area contributed by atoms with Crippen molar-refractivity contribution in [2.45, 2.75) is 31.2 Å². The molecule has 0 bridgehead atoms. The Morgan fingerprint density at radius 3 is 2.57 bits per heavy atom. The van der Waals surface area contributed by atoms with E-state index in [0.29, 0.717) is 10.5 Å². The van der Waals surface area contributed by atoms with Gasteiger partial charge in [0, 0.05) is 17.2 Å². The predicted octanol–water partition coefficient (Wildman–Crippen LogP) is 4.60. The highest BCUT2D eigenvalue weighted by atomic mass is 32.2. The van der Waals surface area contributed by atoms with Crippen LogP contribution >= 0.6 is 23.1 Å². The average molecular weight is 348 g/mol. The third kappa shape index (κ3) is 2.93. The zero-order valence-corrected chi connectivity index (χ0v) is 15.0. The zero-order valence-electron chi connectivity index (χ0n) is 13.4. The van der Waals surface area contributed by atoms with Crippen molar-refractivity contribution in [1.82, 2.24) is 9.55 Å². The molecular weight excluding hydrogens is 331 g/mol. The molecule has 0 N–H and O–H groups in total. The van der Waals surface area contributed by atoms with E-state index in [1.807, 2.05) is 20.8 Å². The summed E-state index contributed by atoms with van der Waals surface area (Å²) < 4.78 is 14.6. The molecule has 0 saturated carbocycles. The van der Waals surface area contributed by atoms with Crippen LogP contribution in [-0.4, -0.2) is 9.55 Å². The Hall–Kier alpha value is -1.66. The van der Waals surface area contributed by atoms with Gasteiger partial charge in [-0.3, -0.25) is 9.36 Å². The van der Waals surface area contributed by atoms with E-state index in [2.05, 4.69) is 4.98 Å². The van der Waals surface area contributed by atoms with Gasteiger partial charge in [0.15, 0.2) is 5.16 Å². The molecule has 0 aliphatic rings. The van der Waals surface area contributed by atoms with E-state index in [1.165, 1.54) is 23.9 Å². The van der Waals surface area contributed by atoms with Crippen molar-refractivity contribution >= 4 is 33.3 Å². The second kappa shape index (κ2) is 6.09. The molecule has 0 fully saturated rings. The summed E-state index contributed by atoms with van der Waals surface area (Å²) >= 11 is 3.06. The second-order valence-corrected chi connectivity index (χ2v) is 8.04. The molecule has 0 amide bonds. The molecule has 0 aliphatic carbocycles. The van der Waals surface area contributed by atoms with Crippen molar-refractivity contribution in [1.29, 1.82) is 0 Å². The van der Waals surface area contributed by atoms with Gasteiger partial charge in [0.05, 0.1) is 5.39 Å². The molecule has 3 rings (SSSR count). The van der Waals surface area contributed by atoms with Crippen molar-refractivity contribution < 1.29 is 4.39 Å². The highest BCUT2D eigenvalue weighted by Crippen LogP contribution is 2.35. The van der Waals surface area contributed by atoms with Gasteiger partial charge in [-0.25, -0.2) is 9.37 Å². The molecule has 0 spiro atoms. The standard InChI is InChI=1S/C17H17FN2OS2/c1-9-10(2)22-15-14(9)16(21)20(4)17(19-15)23-11(3)12-5-7-13(18)8-6-12/h5-8,11H,1-4H3. The van der Waals surface area contributed by atoms with Crippen LogP contribution in [0.25, 0.3) is 10.2 Å². The number of aromatic nitrogens is 2. The quantitative estimate of drug-likeness (QED) is 0.512. The van der Waals surface area contributed by atoms with Crippen molar-refractivity contribution in [2.75, 3.05) is 0 Å². The first-order valence-corrected chi connectivity index (χ1v) is 8.97. The van der Waals surface area contributed by atoms with E-state index in [4.69, 9.17) is 0 Å². The molecule has 1 aromatic carbocycles. The number of aryl methyl sites for hydroxylation is 2. The van der Waals surface area contributed by atoms with Gasteiger partial charge in [-0.1, -0.05) is 23.9 Å². The van der Waals surface area contributed by atoms with Crippen molar-refractivity contribution in [3.8, 4) is 0 Å². The summed E-state index contributed by atoms with van der Waals surface area (Å²) in [4.78, 5) is 19.2. The second-order valence-electron chi connectivity index (χ2n) is 5.53. The molecule has 6 heteroatoms. The van der Waals surface area contributed by atoms with E-state index in [0.717, 1.165) is 20.8 Å². The molecule has 2 heterocycles. The zero-order chi connectivity index (χ0) is 16.7. The number of nitrogens with zero attached hydrogens (tertiary/aromatic N) is 2. The minimum Gasteiger partial charge on any atom is -0.290 e. The highest BCUT2D eigenvalue weighted by molar-refractivity contribution is 7.99. The van der Waals surface area contributed by atoms with Crippen LogP contribution in [0.4, 0.5) is 4.39 Å². The van der Waals surface area contributed by atoms with Gasteiger partial charge in [-0.05, 0) is 44.0 Å². The van der Waals surface area contributed by atoms with E-state index >= 15 is 0 Å². The summed E-state index contributed by atoms with van der Waals surface area (Å²) in [6, 6.07) is 6.44. The SMILES string of the molecule is Cc1sc2nc(SC(C)c3ccc(F)cc3)n(C)c(=O)c2c1C. The van der Waals surface area contributed by atoms with Gasteiger partial charge in [-0.15, -0.1) is 11.3 Å². The summed E-state index contributed by atoms with van der Waals surface area (Å²) in [6.45, 7) is 6.00. The third-order valence-corrected chi connectivity index (χ3v) is 6.29. The minimum absolute atomic E-state index is 0.00865. The number of thioether (sulfide) groups is 1. The van der Waals surface area contributed by atoms with Gasteiger partial charge in [0.1, 0.15) is 10.6 Å². The lowest BCUT2D eigenvalue weighted by atomic mass is 10.2. The molecule has 2 aromatic heterocycles. The molecule has 1 atom stereocenters. The molecule has 0 saturated heterocycles. The highest BCUT2D eigenvalue weighted by Gasteiger charge is 2.17. The van der Waals surface area contributed by atoms with Gasteiger partial charge in [-0.2, -0.15) is 0 Å². The molecule has 3 nitrogen and oxygen atoms in total. The van der Waals surface area contributed by atoms with Crippen LogP contribution in [0.3, 0.4) is 0 Å². The smallest absolute Gasteiger partial charge is 0.262 e. The van der Waals surface area contributed by atoms with Crippen LogP contribution in [0.1, 0.15) is 28.2 Å². The summed E-state index contributed by atoms with van der Waals surface area (Å²) in [7, 11) is 1.75. The Balaban J connectivity index is 2.01. The number of thiophene rings is 1. The first kappa shape index (κ1) is 16.2. The molecule has 0 aliphatic heterocycles. The van der Waals surface area contributed by atoms with E-state index in [-0.39, 0.29) is 16.6 Å². The average Bonchev–Trinajstić information content (AvgIpc) is 2.80. The van der Waals surface area contributed by atoms with E-state index in [9.17, 15) is 9.18 Å². The summed E-state index contributed by atoms with van der Waals surface area (Å²) in [6.07, 6.45) is 0. The molecule has 0 radical (unpaired) electrons. The van der Waals surface area contributed by atoms with Crippen molar-refractivity contribution in [3.05, 3.63) is 56.4 Å². The summed E-state index contributed by atoms with van der Waals surface area (Å²) in [5.74, 6) is -0.248. The Kier molecular flexibility index (Phi) is 4.29. The number of benzene rings is 1.